The molecule has 1 N–H and O–H groups in total. The summed E-state index contributed by atoms with van der Waals surface area (Å²) >= 11 is 0. The van der Waals surface area contributed by atoms with E-state index >= 15 is 0 Å². The predicted octanol–water partition coefficient (Wildman–Crippen LogP) is 2.47. The van der Waals surface area contributed by atoms with E-state index in [0.717, 1.165) is 5.69 Å². The van der Waals surface area contributed by atoms with Gasteiger partial charge >= 0.3 is 5.97 Å². The molecule has 0 spiro atoms. The van der Waals surface area contributed by atoms with E-state index in [2.05, 4.69) is 5.10 Å². The number of ether oxygens (including phenoxy) is 2. The zero-order valence-electron chi connectivity index (χ0n) is 11.4. The summed E-state index contributed by atoms with van der Waals surface area (Å²) in [5.74, 6) is 1.10. The molecule has 0 atom stereocenters. The molecular weight excluding hydrogens is 260 g/mol. The highest BCUT2D eigenvalue weighted by Gasteiger charge is 2.10. The van der Waals surface area contributed by atoms with Crippen LogP contribution in [0.1, 0.15) is 12.1 Å². The van der Waals surface area contributed by atoms with E-state index in [9.17, 15) is 4.79 Å². The lowest BCUT2D eigenvalue weighted by Gasteiger charge is -2.07. The molecular formula is C14H16N2O4. The Balaban J connectivity index is 2.11. The van der Waals surface area contributed by atoms with Crippen molar-refractivity contribution in [3.8, 4) is 17.2 Å². The van der Waals surface area contributed by atoms with Gasteiger partial charge in [-0.05, 0) is 19.1 Å². The van der Waals surface area contributed by atoms with E-state index in [4.69, 9.17) is 14.6 Å². The third-order valence-corrected chi connectivity index (χ3v) is 2.86. The highest BCUT2D eigenvalue weighted by molar-refractivity contribution is 5.66. The van der Waals surface area contributed by atoms with Crippen molar-refractivity contribution >= 4 is 5.97 Å². The molecule has 0 saturated carbocycles. The summed E-state index contributed by atoms with van der Waals surface area (Å²) in [5, 5.41) is 12.8. The number of benzene rings is 1. The molecule has 6 heteroatoms. The molecule has 1 aromatic heterocycles. The minimum absolute atomic E-state index is 0.0289. The van der Waals surface area contributed by atoms with Crippen LogP contribution in [0.2, 0.25) is 0 Å². The van der Waals surface area contributed by atoms with Gasteiger partial charge in [-0.2, -0.15) is 5.10 Å². The van der Waals surface area contributed by atoms with Crippen LogP contribution in [-0.2, 0) is 11.3 Å². The molecule has 1 heterocycles. The first-order valence-corrected chi connectivity index (χ1v) is 6.16. The molecule has 0 unspecified atom stereocenters. The molecule has 0 aliphatic rings. The molecule has 0 aliphatic heterocycles. The van der Waals surface area contributed by atoms with Gasteiger partial charge in [0.1, 0.15) is 11.5 Å². The fourth-order valence-corrected chi connectivity index (χ4v) is 1.75. The molecule has 20 heavy (non-hydrogen) atoms. The zero-order valence-corrected chi connectivity index (χ0v) is 11.4. The number of methoxy groups -OCH3 is 1. The summed E-state index contributed by atoms with van der Waals surface area (Å²) in [5.41, 5.74) is 0.786. The molecule has 0 aliphatic carbocycles. The number of aromatic nitrogens is 2. The van der Waals surface area contributed by atoms with Gasteiger partial charge in [0.2, 0.25) is 0 Å². The molecule has 1 aromatic carbocycles. The maximum Gasteiger partial charge on any atom is 0.305 e. The number of carboxylic acid groups (broad SMARTS) is 1. The number of rotatable bonds is 6. The van der Waals surface area contributed by atoms with E-state index in [1.54, 1.807) is 24.1 Å². The number of carbonyl (C=O) groups is 1. The van der Waals surface area contributed by atoms with Crippen molar-refractivity contribution in [1.29, 1.82) is 0 Å². The van der Waals surface area contributed by atoms with Crippen molar-refractivity contribution in [2.45, 2.75) is 19.9 Å². The van der Waals surface area contributed by atoms with Crippen molar-refractivity contribution in [3.05, 3.63) is 36.2 Å². The molecule has 2 aromatic rings. The standard InChI is InChI=1S/C14H16N2O4/c1-10-13(9-15-16(10)7-6-14(17)18)20-12-5-3-4-11(8-12)19-2/h3-5,8-9H,6-7H2,1-2H3,(H,17,18). The largest absolute Gasteiger partial charge is 0.497 e. The second-order valence-corrected chi connectivity index (χ2v) is 4.24. The minimum atomic E-state index is -0.852. The molecule has 2 rings (SSSR count). The van der Waals surface area contributed by atoms with Crippen LogP contribution in [0.4, 0.5) is 0 Å². The van der Waals surface area contributed by atoms with Crippen LogP contribution in [0.25, 0.3) is 0 Å². The lowest BCUT2D eigenvalue weighted by Crippen LogP contribution is -2.07. The van der Waals surface area contributed by atoms with Gasteiger partial charge in [-0.25, -0.2) is 0 Å². The Hall–Kier alpha value is -2.50. The number of carboxylic acids is 1. The third kappa shape index (κ3) is 3.28. The Bertz CT molecular complexity index is 607. The van der Waals surface area contributed by atoms with Crippen molar-refractivity contribution in [1.82, 2.24) is 9.78 Å². The SMILES string of the molecule is COc1cccc(Oc2cnn(CCC(=O)O)c2C)c1. The Kier molecular flexibility index (Phi) is 4.24. The van der Waals surface area contributed by atoms with Crippen LogP contribution < -0.4 is 9.47 Å². The van der Waals surface area contributed by atoms with Crippen molar-refractivity contribution in [3.63, 3.8) is 0 Å². The van der Waals surface area contributed by atoms with Gasteiger partial charge in [0.05, 0.1) is 32.0 Å². The lowest BCUT2D eigenvalue weighted by atomic mass is 10.3. The Labute approximate surface area is 116 Å². The van der Waals surface area contributed by atoms with E-state index in [1.807, 2.05) is 25.1 Å². The van der Waals surface area contributed by atoms with Crippen LogP contribution >= 0.6 is 0 Å². The average molecular weight is 276 g/mol. The van der Waals surface area contributed by atoms with Crippen LogP contribution in [0, 0.1) is 6.92 Å². The van der Waals surface area contributed by atoms with E-state index in [0.29, 0.717) is 23.8 Å². The third-order valence-electron chi connectivity index (χ3n) is 2.86. The van der Waals surface area contributed by atoms with E-state index in [1.165, 1.54) is 0 Å². The van der Waals surface area contributed by atoms with Crippen LogP contribution in [-0.4, -0.2) is 28.0 Å². The maximum atomic E-state index is 10.6. The Morgan fingerprint density at radius 1 is 1.40 bits per heavy atom. The summed E-state index contributed by atoms with van der Waals surface area (Å²) < 4.78 is 12.5. The van der Waals surface area contributed by atoms with Gasteiger partial charge in [-0.15, -0.1) is 0 Å². The molecule has 0 radical (unpaired) electrons. The van der Waals surface area contributed by atoms with Crippen LogP contribution in [0.5, 0.6) is 17.2 Å². The molecule has 6 nitrogen and oxygen atoms in total. The van der Waals surface area contributed by atoms with E-state index in [-0.39, 0.29) is 6.42 Å². The highest BCUT2D eigenvalue weighted by atomic mass is 16.5. The molecule has 0 amide bonds. The monoisotopic (exact) mass is 276 g/mol. The Morgan fingerprint density at radius 3 is 2.85 bits per heavy atom. The topological polar surface area (TPSA) is 73.6 Å². The van der Waals surface area contributed by atoms with Crippen molar-refractivity contribution < 1.29 is 19.4 Å². The lowest BCUT2D eigenvalue weighted by molar-refractivity contribution is -0.137. The second-order valence-electron chi connectivity index (χ2n) is 4.24. The van der Waals surface area contributed by atoms with Gasteiger partial charge in [0.25, 0.3) is 0 Å². The van der Waals surface area contributed by atoms with Crippen LogP contribution in [0.15, 0.2) is 30.5 Å². The maximum absolute atomic E-state index is 10.6. The fraction of sp³-hybridized carbons (Fsp3) is 0.286. The quantitative estimate of drug-likeness (QED) is 0.877. The normalized spacial score (nSPS) is 10.3. The van der Waals surface area contributed by atoms with Gasteiger partial charge in [0, 0.05) is 6.07 Å². The Morgan fingerprint density at radius 2 is 2.15 bits per heavy atom. The summed E-state index contributed by atoms with van der Waals surface area (Å²) in [6.07, 6.45) is 1.61. The first kappa shape index (κ1) is 13.9. The predicted molar refractivity (Wildman–Crippen MR) is 72.3 cm³/mol. The zero-order chi connectivity index (χ0) is 14.5. The van der Waals surface area contributed by atoms with E-state index < -0.39 is 5.97 Å². The van der Waals surface area contributed by atoms with Gasteiger partial charge in [0.15, 0.2) is 5.75 Å². The molecule has 106 valence electrons. The van der Waals surface area contributed by atoms with Crippen LogP contribution in [0.3, 0.4) is 0 Å². The summed E-state index contributed by atoms with van der Waals surface area (Å²) in [4.78, 5) is 10.6. The first-order valence-electron chi connectivity index (χ1n) is 6.16. The number of hydrogen-bond acceptors (Lipinski definition) is 4. The number of aryl methyl sites for hydroxylation is 1. The van der Waals surface area contributed by atoms with Gasteiger partial charge in [-0.3, -0.25) is 9.48 Å². The average Bonchev–Trinajstić information content (AvgIpc) is 2.78. The number of hydrogen-bond donors (Lipinski definition) is 1. The fourth-order valence-electron chi connectivity index (χ4n) is 1.75. The minimum Gasteiger partial charge on any atom is -0.497 e. The van der Waals surface area contributed by atoms with Gasteiger partial charge < -0.3 is 14.6 Å². The molecule has 0 bridgehead atoms. The second kappa shape index (κ2) is 6.10. The first-order chi connectivity index (χ1) is 9.60. The molecule has 0 fully saturated rings. The number of nitrogens with zero attached hydrogens (tertiary/aromatic N) is 2. The highest BCUT2D eigenvalue weighted by Crippen LogP contribution is 2.27. The smallest absolute Gasteiger partial charge is 0.305 e. The van der Waals surface area contributed by atoms with Crippen molar-refractivity contribution in [2.75, 3.05) is 7.11 Å². The summed E-state index contributed by atoms with van der Waals surface area (Å²) in [6, 6.07) is 7.25. The molecule has 0 saturated heterocycles. The number of aliphatic carboxylic acids is 1. The van der Waals surface area contributed by atoms with Crippen molar-refractivity contribution in [2.24, 2.45) is 0 Å². The van der Waals surface area contributed by atoms with Gasteiger partial charge in [-0.1, -0.05) is 6.07 Å². The summed E-state index contributed by atoms with van der Waals surface area (Å²) in [6.45, 7) is 2.16. The summed E-state index contributed by atoms with van der Waals surface area (Å²) in [7, 11) is 1.59.